The first kappa shape index (κ1) is 9.09. The second-order valence-electron chi connectivity index (χ2n) is 4.93. The van der Waals surface area contributed by atoms with Gasteiger partial charge in [-0.3, -0.25) is 21.1 Å². The summed E-state index contributed by atoms with van der Waals surface area (Å²) in [7, 11) is 0. The summed E-state index contributed by atoms with van der Waals surface area (Å²) in [5, 5.41) is 0. The summed E-state index contributed by atoms with van der Waals surface area (Å²) in [6.45, 7) is 6.24. The Hall–Kier alpha value is -0.160. The number of nitrogens with zero attached hydrogens (tertiary/aromatic N) is 2. The molecular formula is C10H20N4. The standard InChI is InChI=1S/C10H20N4/c11-12-10(8-1-2-8)9-7-13-3-5-14(9)6-4-13/h8-10,12H,1-7,11H2. The van der Waals surface area contributed by atoms with Crippen molar-refractivity contribution in [3.63, 3.8) is 0 Å². The van der Waals surface area contributed by atoms with Crippen molar-refractivity contribution in [1.82, 2.24) is 15.2 Å². The highest BCUT2D eigenvalue weighted by atomic mass is 15.4. The van der Waals surface area contributed by atoms with Crippen molar-refractivity contribution in [2.24, 2.45) is 11.8 Å². The van der Waals surface area contributed by atoms with E-state index in [2.05, 4.69) is 15.2 Å². The SMILES string of the molecule is NNC(C1CC1)C1CN2CCN1CC2. The highest BCUT2D eigenvalue weighted by Crippen LogP contribution is 2.36. The highest BCUT2D eigenvalue weighted by molar-refractivity contribution is 5.00. The molecule has 4 fully saturated rings. The van der Waals surface area contributed by atoms with Gasteiger partial charge in [-0.2, -0.15) is 0 Å². The van der Waals surface area contributed by atoms with Crippen LogP contribution in [0.4, 0.5) is 0 Å². The molecule has 1 aliphatic carbocycles. The molecule has 2 unspecified atom stereocenters. The molecule has 1 saturated carbocycles. The molecule has 2 bridgehead atoms. The van der Waals surface area contributed by atoms with Crippen LogP contribution in [-0.4, -0.2) is 54.6 Å². The third kappa shape index (κ3) is 1.46. The van der Waals surface area contributed by atoms with E-state index in [0.29, 0.717) is 12.1 Å². The Labute approximate surface area is 85.4 Å². The van der Waals surface area contributed by atoms with Gasteiger partial charge >= 0.3 is 0 Å². The highest BCUT2D eigenvalue weighted by Gasteiger charge is 2.42. The van der Waals surface area contributed by atoms with Crippen molar-refractivity contribution < 1.29 is 0 Å². The van der Waals surface area contributed by atoms with Gasteiger partial charge in [0.2, 0.25) is 0 Å². The van der Waals surface area contributed by atoms with Crippen LogP contribution in [0.3, 0.4) is 0 Å². The second kappa shape index (κ2) is 3.45. The number of piperazine rings is 3. The summed E-state index contributed by atoms with van der Waals surface area (Å²) in [6.07, 6.45) is 2.75. The second-order valence-corrected chi connectivity index (χ2v) is 4.93. The smallest absolute Gasteiger partial charge is 0.0406 e. The molecule has 0 aromatic rings. The Morgan fingerprint density at radius 3 is 2.29 bits per heavy atom. The van der Waals surface area contributed by atoms with Crippen molar-refractivity contribution >= 4 is 0 Å². The van der Waals surface area contributed by atoms with E-state index in [-0.39, 0.29) is 0 Å². The number of nitrogens with two attached hydrogens (primary N) is 1. The molecule has 3 aliphatic heterocycles. The number of hydrogen-bond acceptors (Lipinski definition) is 4. The maximum atomic E-state index is 5.68. The molecule has 3 heterocycles. The Morgan fingerprint density at radius 1 is 1.14 bits per heavy atom. The van der Waals surface area contributed by atoms with Gasteiger partial charge in [0.05, 0.1) is 0 Å². The summed E-state index contributed by atoms with van der Waals surface area (Å²) < 4.78 is 0. The number of hydrogen-bond donors (Lipinski definition) is 2. The van der Waals surface area contributed by atoms with Gasteiger partial charge in [-0.05, 0) is 18.8 Å². The van der Waals surface area contributed by atoms with Crippen LogP contribution in [0.5, 0.6) is 0 Å². The molecule has 4 rings (SSSR count). The van der Waals surface area contributed by atoms with Crippen LogP contribution < -0.4 is 11.3 Å². The van der Waals surface area contributed by atoms with Crippen LogP contribution >= 0.6 is 0 Å². The zero-order valence-electron chi connectivity index (χ0n) is 8.65. The molecule has 4 heteroatoms. The number of rotatable bonds is 3. The van der Waals surface area contributed by atoms with E-state index in [1.54, 1.807) is 0 Å². The van der Waals surface area contributed by atoms with Crippen molar-refractivity contribution in [3.05, 3.63) is 0 Å². The number of fused-ring (bicyclic) bond motifs is 3. The molecular weight excluding hydrogens is 176 g/mol. The van der Waals surface area contributed by atoms with E-state index in [4.69, 9.17) is 5.84 Å². The normalized spacial score (nSPS) is 43.9. The van der Waals surface area contributed by atoms with Crippen LogP contribution in [0.15, 0.2) is 0 Å². The third-order valence-electron chi connectivity index (χ3n) is 4.06. The third-order valence-corrected chi connectivity index (χ3v) is 4.06. The van der Waals surface area contributed by atoms with Gasteiger partial charge in [0, 0.05) is 44.8 Å². The average Bonchev–Trinajstić information content (AvgIpc) is 3.05. The monoisotopic (exact) mass is 196 g/mol. The summed E-state index contributed by atoms with van der Waals surface area (Å²) >= 11 is 0. The van der Waals surface area contributed by atoms with Crippen LogP contribution in [-0.2, 0) is 0 Å². The number of hydrazine groups is 1. The van der Waals surface area contributed by atoms with Crippen molar-refractivity contribution in [3.8, 4) is 0 Å². The van der Waals surface area contributed by atoms with E-state index in [0.717, 1.165) is 5.92 Å². The lowest BCUT2D eigenvalue weighted by Crippen LogP contribution is -2.67. The van der Waals surface area contributed by atoms with Crippen LogP contribution in [0.2, 0.25) is 0 Å². The van der Waals surface area contributed by atoms with Gasteiger partial charge in [0.1, 0.15) is 0 Å². The molecule has 80 valence electrons. The maximum Gasteiger partial charge on any atom is 0.0406 e. The largest absolute Gasteiger partial charge is 0.299 e. The molecule has 0 amide bonds. The van der Waals surface area contributed by atoms with E-state index < -0.39 is 0 Å². The van der Waals surface area contributed by atoms with E-state index in [1.165, 1.54) is 45.6 Å². The molecule has 0 aromatic carbocycles. The van der Waals surface area contributed by atoms with Gasteiger partial charge in [-0.15, -0.1) is 0 Å². The Kier molecular flexibility index (Phi) is 2.24. The first-order chi connectivity index (χ1) is 6.88. The molecule has 3 N–H and O–H groups in total. The lowest BCUT2D eigenvalue weighted by atomic mass is 9.97. The zero-order chi connectivity index (χ0) is 9.54. The van der Waals surface area contributed by atoms with E-state index >= 15 is 0 Å². The maximum absolute atomic E-state index is 5.68. The van der Waals surface area contributed by atoms with Gasteiger partial charge < -0.3 is 0 Å². The Morgan fingerprint density at radius 2 is 1.86 bits per heavy atom. The molecule has 2 atom stereocenters. The van der Waals surface area contributed by atoms with Crippen LogP contribution in [0.25, 0.3) is 0 Å². The van der Waals surface area contributed by atoms with Crippen molar-refractivity contribution in [2.45, 2.75) is 24.9 Å². The first-order valence-corrected chi connectivity index (χ1v) is 5.81. The molecule has 4 aliphatic rings. The molecule has 0 spiro atoms. The predicted molar refractivity (Wildman–Crippen MR) is 55.6 cm³/mol. The zero-order valence-corrected chi connectivity index (χ0v) is 8.65. The van der Waals surface area contributed by atoms with Gasteiger partial charge in [-0.25, -0.2) is 0 Å². The molecule has 3 saturated heterocycles. The lowest BCUT2D eigenvalue weighted by Gasteiger charge is -2.50. The summed E-state index contributed by atoms with van der Waals surface area (Å²) in [6, 6.07) is 1.22. The fraction of sp³-hybridized carbons (Fsp3) is 1.00. The van der Waals surface area contributed by atoms with Gasteiger partial charge in [0.25, 0.3) is 0 Å². The van der Waals surface area contributed by atoms with E-state index in [9.17, 15) is 0 Å². The minimum Gasteiger partial charge on any atom is -0.299 e. The molecule has 0 radical (unpaired) electrons. The topological polar surface area (TPSA) is 44.5 Å². The van der Waals surface area contributed by atoms with Crippen molar-refractivity contribution in [1.29, 1.82) is 0 Å². The quantitative estimate of drug-likeness (QED) is 0.459. The minimum atomic E-state index is 0.540. The first-order valence-electron chi connectivity index (χ1n) is 5.81. The predicted octanol–water partition coefficient (Wildman–Crippen LogP) is -0.772. The summed E-state index contributed by atoms with van der Waals surface area (Å²) in [5.41, 5.74) is 3.05. The number of nitrogens with one attached hydrogen (secondary N) is 1. The fourth-order valence-electron chi connectivity index (χ4n) is 3.01. The summed E-state index contributed by atoms with van der Waals surface area (Å²) in [5.74, 6) is 6.53. The van der Waals surface area contributed by atoms with Crippen LogP contribution in [0.1, 0.15) is 12.8 Å². The average molecular weight is 196 g/mol. The van der Waals surface area contributed by atoms with Gasteiger partial charge in [-0.1, -0.05) is 0 Å². The van der Waals surface area contributed by atoms with Crippen molar-refractivity contribution in [2.75, 3.05) is 32.7 Å². The Balaban J connectivity index is 1.70. The lowest BCUT2D eigenvalue weighted by molar-refractivity contribution is -0.00670. The Bertz CT molecular complexity index is 208. The summed E-state index contributed by atoms with van der Waals surface area (Å²) in [4.78, 5) is 5.21. The fourth-order valence-corrected chi connectivity index (χ4v) is 3.01. The van der Waals surface area contributed by atoms with Gasteiger partial charge in [0.15, 0.2) is 0 Å². The van der Waals surface area contributed by atoms with E-state index in [1.807, 2.05) is 0 Å². The molecule has 0 aromatic heterocycles. The van der Waals surface area contributed by atoms with Crippen LogP contribution in [0, 0.1) is 5.92 Å². The molecule has 14 heavy (non-hydrogen) atoms. The minimum absolute atomic E-state index is 0.540. The molecule has 4 nitrogen and oxygen atoms in total.